The standard InChI is InChI=1S/C7H14N4S/c1-2-6-7(12-11-10-6)5-9-4-3-8/h9H,2-5,8H2,1H3. The SMILES string of the molecule is CCc1nnsc1CNCCN. The van der Waals surface area contributed by atoms with E-state index >= 15 is 0 Å². The predicted molar refractivity (Wildman–Crippen MR) is 50.0 cm³/mol. The van der Waals surface area contributed by atoms with Gasteiger partial charge in [0.1, 0.15) is 0 Å². The van der Waals surface area contributed by atoms with Crippen molar-refractivity contribution < 1.29 is 0 Å². The summed E-state index contributed by atoms with van der Waals surface area (Å²) < 4.78 is 3.89. The van der Waals surface area contributed by atoms with Gasteiger partial charge in [0, 0.05) is 19.6 Å². The van der Waals surface area contributed by atoms with Crippen LogP contribution in [0.3, 0.4) is 0 Å². The van der Waals surface area contributed by atoms with Crippen LogP contribution in [0.1, 0.15) is 17.5 Å². The third-order valence-electron chi connectivity index (χ3n) is 1.58. The lowest BCUT2D eigenvalue weighted by atomic mass is 10.3. The molecule has 0 fully saturated rings. The monoisotopic (exact) mass is 186 g/mol. The molecule has 1 rings (SSSR count). The fourth-order valence-electron chi connectivity index (χ4n) is 0.934. The number of aryl methyl sites for hydroxylation is 1. The summed E-state index contributed by atoms with van der Waals surface area (Å²) >= 11 is 1.46. The van der Waals surface area contributed by atoms with Crippen LogP contribution in [0.2, 0.25) is 0 Å². The molecule has 0 spiro atoms. The van der Waals surface area contributed by atoms with Crippen molar-refractivity contribution in [2.75, 3.05) is 13.1 Å². The number of nitrogens with zero attached hydrogens (tertiary/aromatic N) is 2. The highest BCUT2D eigenvalue weighted by Crippen LogP contribution is 2.09. The highest BCUT2D eigenvalue weighted by atomic mass is 32.1. The van der Waals surface area contributed by atoms with E-state index in [2.05, 4.69) is 21.8 Å². The zero-order valence-corrected chi connectivity index (χ0v) is 8.02. The smallest absolute Gasteiger partial charge is 0.0797 e. The summed E-state index contributed by atoms with van der Waals surface area (Å²) in [5, 5.41) is 7.23. The average molecular weight is 186 g/mol. The minimum Gasteiger partial charge on any atom is -0.329 e. The summed E-state index contributed by atoms with van der Waals surface area (Å²) in [6.07, 6.45) is 0.955. The molecule has 5 heteroatoms. The van der Waals surface area contributed by atoms with Crippen molar-refractivity contribution in [3.05, 3.63) is 10.6 Å². The van der Waals surface area contributed by atoms with Crippen molar-refractivity contribution in [1.29, 1.82) is 0 Å². The molecule has 0 aliphatic carbocycles. The molecule has 0 radical (unpaired) electrons. The van der Waals surface area contributed by atoms with Crippen LogP contribution >= 0.6 is 11.5 Å². The summed E-state index contributed by atoms with van der Waals surface area (Å²) in [5.74, 6) is 0. The zero-order chi connectivity index (χ0) is 8.81. The van der Waals surface area contributed by atoms with Crippen molar-refractivity contribution in [1.82, 2.24) is 14.9 Å². The maximum atomic E-state index is 5.35. The highest BCUT2D eigenvalue weighted by Gasteiger charge is 2.03. The van der Waals surface area contributed by atoms with Gasteiger partial charge in [-0.1, -0.05) is 11.4 Å². The Hall–Kier alpha value is -0.520. The molecule has 0 bridgehead atoms. The summed E-state index contributed by atoms with van der Waals surface area (Å²) in [6, 6.07) is 0. The van der Waals surface area contributed by atoms with Crippen LogP contribution in [0.25, 0.3) is 0 Å². The number of nitrogens with one attached hydrogen (secondary N) is 1. The minimum atomic E-state index is 0.674. The third kappa shape index (κ3) is 2.51. The van der Waals surface area contributed by atoms with Gasteiger partial charge in [-0.3, -0.25) is 0 Å². The molecule has 0 atom stereocenters. The lowest BCUT2D eigenvalue weighted by Gasteiger charge is -1.99. The Labute approximate surface area is 76.3 Å². The Morgan fingerprint density at radius 2 is 2.42 bits per heavy atom. The lowest BCUT2D eigenvalue weighted by molar-refractivity contribution is 0.695. The molecule has 0 saturated heterocycles. The van der Waals surface area contributed by atoms with E-state index in [-0.39, 0.29) is 0 Å². The average Bonchev–Trinajstić information content (AvgIpc) is 2.52. The zero-order valence-electron chi connectivity index (χ0n) is 7.21. The van der Waals surface area contributed by atoms with Gasteiger partial charge in [-0.05, 0) is 18.0 Å². The van der Waals surface area contributed by atoms with Crippen LogP contribution in [0.15, 0.2) is 0 Å². The molecule has 0 aliphatic heterocycles. The molecule has 12 heavy (non-hydrogen) atoms. The van der Waals surface area contributed by atoms with Crippen molar-refractivity contribution >= 4 is 11.5 Å². The molecule has 4 nitrogen and oxygen atoms in total. The van der Waals surface area contributed by atoms with Crippen molar-refractivity contribution in [2.24, 2.45) is 5.73 Å². The Bertz CT molecular complexity index is 223. The quantitative estimate of drug-likeness (QED) is 0.642. The van der Waals surface area contributed by atoms with E-state index in [1.54, 1.807) is 0 Å². The first-order chi connectivity index (χ1) is 5.88. The summed E-state index contributed by atoms with van der Waals surface area (Å²) in [7, 11) is 0. The van der Waals surface area contributed by atoms with Gasteiger partial charge in [-0.15, -0.1) is 5.10 Å². The number of aromatic nitrogens is 2. The van der Waals surface area contributed by atoms with Gasteiger partial charge in [-0.2, -0.15) is 0 Å². The van der Waals surface area contributed by atoms with E-state index in [9.17, 15) is 0 Å². The fourth-order valence-corrected chi connectivity index (χ4v) is 1.63. The third-order valence-corrected chi connectivity index (χ3v) is 2.34. The molecular weight excluding hydrogens is 172 g/mol. The van der Waals surface area contributed by atoms with Crippen LogP contribution < -0.4 is 11.1 Å². The molecule has 0 amide bonds. The second-order valence-electron chi connectivity index (χ2n) is 2.46. The van der Waals surface area contributed by atoms with Gasteiger partial charge in [0.05, 0.1) is 10.6 Å². The lowest BCUT2D eigenvalue weighted by Crippen LogP contribution is -2.21. The highest BCUT2D eigenvalue weighted by molar-refractivity contribution is 7.05. The largest absolute Gasteiger partial charge is 0.329 e. The number of rotatable bonds is 5. The van der Waals surface area contributed by atoms with E-state index < -0.39 is 0 Å². The topological polar surface area (TPSA) is 63.8 Å². The van der Waals surface area contributed by atoms with Gasteiger partial charge >= 0.3 is 0 Å². The minimum absolute atomic E-state index is 0.674. The molecule has 0 saturated carbocycles. The first kappa shape index (κ1) is 9.57. The van der Waals surface area contributed by atoms with Crippen molar-refractivity contribution in [3.63, 3.8) is 0 Å². The molecule has 0 unspecified atom stereocenters. The van der Waals surface area contributed by atoms with Gasteiger partial charge in [0.25, 0.3) is 0 Å². The van der Waals surface area contributed by atoms with E-state index in [0.29, 0.717) is 6.54 Å². The molecule has 3 N–H and O–H groups in total. The van der Waals surface area contributed by atoms with Gasteiger partial charge < -0.3 is 11.1 Å². The fraction of sp³-hybridized carbons (Fsp3) is 0.714. The molecular formula is C7H14N4S. The molecule has 1 aromatic heterocycles. The summed E-state index contributed by atoms with van der Waals surface area (Å²) in [4.78, 5) is 1.23. The molecule has 1 aromatic rings. The maximum absolute atomic E-state index is 5.35. The van der Waals surface area contributed by atoms with Gasteiger partial charge in [0.15, 0.2) is 0 Å². The Morgan fingerprint density at radius 1 is 1.58 bits per heavy atom. The van der Waals surface area contributed by atoms with E-state index in [4.69, 9.17) is 5.73 Å². The first-order valence-electron chi connectivity index (χ1n) is 4.09. The second kappa shape index (κ2) is 5.18. The predicted octanol–water partition coefficient (Wildman–Crippen LogP) is 0.149. The summed E-state index contributed by atoms with van der Waals surface area (Å²) in [5.41, 5.74) is 6.45. The summed E-state index contributed by atoms with van der Waals surface area (Å²) in [6.45, 7) is 4.45. The molecule has 0 aliphatic rings. The van der Waals surface area contributed by atoms with Crippen molar-refractivity contribution in [3.8, 4) is 0 Å². The van der Waals surface area contributed by atoms with Gasteiger partial charge in [-0.25, -0.2) is 0 Å². The number of hydrogen-bond acceptors (Lipinski definition) is 5. The molecule has 68 valence electrons. The Kier molecular flexibility index (Phi) is 4.13. The van der Waals surface area contributed by atoms with E-state index in [0.717, 1.165) is 25.2 Å². The van der Waals surface area contributed by atoms with Crippen LogP contribution in [-0.2, 0) is 13.0 Å². The molecule has 0 aromatic carbocycles. The maximum Gasteiger partial charge on any atom is 0.0797 e. The van der Waals surface area contributed by atoms with Crippen molar-refractivity contribution in [2.45, 2.75) is 19.9 Å². The second-order valence-corrected chi connectivity index (χ2v) is 3.30. The van der Waals surface area contributed by atoms with Crippen LogP contribution in [0.4, 0.5) is 0 Å². The number of hydrogen-bond donors (Lipinski definition) is 2. The van der Waals surface area contributed by atoms with E-state index in [1.807, 2.05) is 0 Å². The van der Waals surface area contributed by atoms with Gasteiger partial charge in [0.2, 0.25) is 0 Å². The Balaban J connectivity index is 2.39. The normalized spacial score (nSPS) is 10.5. The van der Waals surface area contributed by atoms with Crippen LogP contribution in [-0.4, -0.2) is 22.7 Å². The number of nitrogens with two attached hydrogens (primary N) is 1. The Morgan fingerprint density at radius 3 is 3.08 bits per heavy atom. The first-order valence-corrected chi connectivity index (χ1v) is 4.86. The van der Waals surface area contributed by atoms with Crippen LogP contribution in [0.5, 0.6) is 0 Å². The molecule has 1 heterocycles. The van der Waals surface area contributed by atoms with Crippen LogP contribution in [0, 0.1) is 0 Å². The van der Waals surface area contributed by atoms with E-state index in [1.165, 1.54) is 16.4 Å².